The van der Waals surface area contributed by atoms with Crippen molar-refractivity contribution >= 4 is 32.9 Å². The first-order valence-electron chi connectivity index (χ1n) is 8.36. The third-order valence-corrected chi connectivity index (χ3v) is 5.65. The van der Waals surface area contributed by atoms with Crippen LogP contribution in [0.25, 0.3) is 27.4 Å². The molecule has 0 atom stereocenters. The number of rotatable bonds is 4. The van der Waals surface area contributed by atoms with Crippen LogP contribution in [0.15, 0.2) is 35.3 Å². The molecule has 5 heterocycles. The van der Waals surface area contributed by atoms with E-state index in [1.54, 1.807) is 34.3 Å². The first-order valence-corrected chi connectivity index (χ1v) is 9.18. The lowest BCUT2D eigenvalue weighted by atomic mass is 10.2. The molecule has 28 heavy (non-hydrogen) atoms. The van der Waals surface area contributed by atoms with Gasteiger partial charge in [0.1, 0.15) is 29.3 Å². The molecule has 0 fully saturated rings. The van der Waals surface area contributed by atoms with Gasteiger partial charge in [-0.1, -0.05) is 0 Å². The van der Waals surface area contributed by atoms with Crippen molar-refractivity contribution in [3.8, 4) is 11.6 Å². The Morgan fingerprint density at radius 1 is 1.32 bits per heavy atom. The van der Waals surface area contributed by atoms with Crippen LogP contribution in [0, 0.1) is 24.0 Å². The second-order valence-corrected chi connectivity index (χ2v) is 7.53. The standard InChI is InChI=1S/C17H13N7O3S/c1-9-10(2)28-17-14(9)16-20-15(21-23(16)8-18-17)13-4-3-12(27-13)7-22-6-11(5-19-22)24(25)26/h3-6,8H,7H2,1-2H3. The van der Waals surface area contributed by atoms with E-state index in [4.69, 9.17) is 4.42 Å². The van der Waals surface area contributed by atoms with Crippen LogP contribution in [0.3, 0.4) is 0 Å². The van der Waals surface area contributed by atoms with Gasteiger partial charge in [-0.15, -0.1) is 16.4 Å². The van der Waals surface area contributed by atoms with Gasteiger partial charge in [0.25, 0.3) is 0 Å². The number of furan rings is 1. The van der Waals surface area contributed by atoms with Crippen LogP contribution in [0.5, 0.6) is 0 Å². The first kappa shape index (κ1) is 16.6. The Labute approximate surface area is 161 Å². The molecule has 5 aromatic heterocycles. The molecule has 0 unspecified atom stereocenters. The summed E-state index contributed by atoms with van der Waals surface area (Å²) in [4.78, 5) is 21.5. The lowest BCUT2D eigenvalue weighted by Crippen LogP contribution is -1.98. The Bertz CT molecular complexity index is 1360. The van der Waals surface area contributed by atoms with E-state index in [-0.39, 0.29) is 12.2 Å². The minimum atomic E-state index is -0.486. The highest BCUT2D eigenvalue weighted by molar-refractivity contribution is 7.18. The minimum Gasteiger partial charge on any atom is -0.456 e. The maximum absolute atomic E-state index is 10.8. The number of aryl methyl sites for hydroxylation is 2. The summed E-state index contributed by atoms with van der Waals surface area (Å²) in [6, 6.07) is 3.56. The fraction of sp³-hybridized carbons (Fsp3) is 0.176. The van der Waals surface area contributed by atoms with Gasteiger partial charge in [-0.25, -0.2) is 14.5 Å². The molecular formula is C17H13N7O3S. The van der Waals surface area contributed by atoms with Crippen LogP contribution in [0.2, 0.25) is 0 Å². The van der Waals surface area contributed by atoms with E-state index in [9.17, 15) is 10.1 Å². The molecule has 0 saturated heterocycles. The van der Waals surface area contributed by atoms with Gasteiger partial charge in [-0.2, -0.15) is 5.10 Å². The van der Waals surface area contributed by atoms with E-state index >= 15 is 0 Å². The summed E-state index contributed by atoms with van der Waals surface area (Å²) in [5.74, 6) is 1.56. The summed E-state index contributed by atoms with van der Waals surface area (Å²) in [5.41, 5.74) is 1.83. The molecule has 0 N–H and O–H groups in total. The van der Waals surface area contributed by atoms with Crippen molar-refractivity contribution < 1.29 is 9.34 Å². The molecule has 11 heteroatoms. The van der Waals surface area contributed by atoms with Gasteiger partial charge >= 0.3 is 5.69 Å². The number of aromatic nitrogens is 6. The van der Waals surface area contributed by atoms with Crippen LogP contribution < -0.4 is 0 Å². The number of fused-ring (bicyclic) bond motifs is 3. The smallest absolute Gasteiger partial charge is 0.307 e. The maximum Gasteiger partial charge on any atom is 0.307 e. The lowest BCUT2D eigenvalue weighted by molar-refractivity contribution is -0.385. The Kier molecular flexibility index (Phi) is 3.52. The van der Waals surface area contributed by atoms with Crippen LogP contribution in [0.4, 0.5) is 5.69 Å². The van der Waals surface area contributed by atoms with E-state index in [0.717, 1.165) is 21.4 Å². The molecule has 0 aliphatic heterocycles. The van der Waals surface area contributed by atoms with E-state index in [0.29, 0.717) is 17.3 Å². The topological polar surface area (TPSA) is 117 Å². The monoisotopic (exact) mass is 395 g/mol. The molecule has 0 aliphatic carbocycles. The molecule has 10 nitrogen and oxygen atoms in total. The summed E-state index contributed by atoms with van der Waals surface area (Å²) in [6.07, 6.45) is 4.21. The lowest BCUT2D eigenvalue weighted by Gasteiger charge is -1.96. The van der Waals surface area contributed by atoms with Crippen molar-refractivity contribution in [2.75, 3.05) is 0 Å². The van der Waals surface area contributed by atoms with Gasteiger partial charge in [-0.3, -0.25) is 14.8 Å². The summed E-state index contributed by atoms with van der Waals surface area (Å²) < 4.78 is 8.93. The van der Waals surface area contributed by atoms with Crippen molar-refractivity contribution in [3.63, 3.8) is 0 Å². The van der Waals surface area contributed by atoms with Gasteiger partial charge < -0.3 is 4.42 Å². The predicted molar refractivity (Wildman–Crippen MR) is 101 cm³/mol. The SMILES string of the molecule is Cc1sc2ncn3nc(-c4ccc(Cn5cc([N+](=O)[O-])cn5)o4)nc3c2c1C. The number of thiophene rings is 1. The highest BCUT2D eigenvalue weighted by Gasteiger charge is 2.17. The summed E-state index contributed by atoms with van der Waals surface area (Å²) >= 11 is 1.63. The Morgan fingerprint density at radius 3 is 2.96 bits per heavy atom. The molecular weight excluding hydrogens is 382 g/mol. The molecule has 5 rings (SSSR count). The highest BCUT2D eigenvalue weighted by Crippen LogP contribution is 2.31. The Hall–Kier alpha value is -3.60. The second-order valence-electron chi connectivity index (χ2n) is 6.33. The van der Waals surface area contributed by atoms with Crippen molar-refractivity contribution in [3.05, 3.63) is 57.2 Å². The van der Waals surface area contributed by atoms with Gasteiger partial charge in [-0.05, 0) is 31.5 Å². The van der Waals surface area contributed by atoms with Crippen LogP contribution >= 0.6 is 11.3 Å². The van der Waals surface area contributed by atoms with Crippen molar-refractivity contribution in [2.45, 2.75) is 20.4 Å². The average Bonchev–Trinajstić information content (AvgIpc) is 3.42. The highest BCUT2D eigenvalue weighted by atomic mass is 32.1. The molecule has 0 bridgehead atoms. The van der Waals surface area contributed by atoms with Crippen molar-refractivity contribution in [2.24, 2.45) is 0 Å². The molecule has 5 aromatic rings. The van der Waals surface area contributed by atoms with Crippen molar-refractivity contribution in [1.82, 2.24) is 29.4 Å². The Morgan fingerprint density at radius 2 is 2.18 bits per heavy atom. The zero-order valence-electron chi connectivity index (χ0n) is 14.9. The molecule has 0 amide bonds. The number of hydrogen-bond acceptors (Lipinski definition) is 8. The molecule has 0 radical (unpaired) electrons. The van der Waals surface area contributed by atoms with Crippen LogP contribution in [0.1, 0.15) is 16.2 Å². The number of hydrogen-bond donors (Lipinski definition) is 0. The van der Waals surface area contributed by atoms with E-state index < -0.39 is 4.92 Å². The second kappa shape index (κ2) is 5.96. The molecule has 0 aromatic carbocycles. The minimum absolute atomic E-state index is 0.0632. The normalized spacial score (nSPS) is 11.6. The zero-order valence-corrected chi connectivity index (χ0v) is 15.7. The summed E-state index contributed by atoms with van der Waals surface area (Å²) in [6.45, 7) is 4.39. The van der Waals surface area contributed by atoms with Gasteiger partial charge in [0, 0.05) is 4.88 Å². The molecule has 0 aliphatic rings. The molecule has 0 saturated carbocycles. The van der Waals surface area contributed by atoms with Crippen LogP contribution in [-0.2, 0) is 6.54 Å². The fourth-order valence-corrected chi connectivity index (χ4v) is 4.02. The third-order valence-electron chi connectivity index (χ3n) is 4.54. The first-order chi connectivity index (χ1) is 13.5. The zero-order chi connectivity index (χ0) is 19.4. The van der Waals surface area contributed by atoms with E-state index in [1.807, 2.05) is 0 Å². The van der Waals surface area contributed by atoms with Gasteiger partial charge in [0.15, 0.2) is 11.4 Å². The average molecular weight is 395 g/mol. The quantitative estimate of drug-likeness (QED) is 0.338. The molecule has 0 spiro atoms. The van der Waals surface area contributed by atoms with Gasteiger partial charge in [0.05, 0.1) is 16.9 Å². The third kappa shape index (κ3) is 2.55. The number of nitrogens with zero attached hydrogens (tertiary/aromatic N) is 7. The van der Waals surface area contributed by atoms with E-state index in [2.05, 4.69) is 34.0 Å². The van der Waals surface area contributed by atoms with E-state index in [1.165, 1.54) is 22.0 Å². The van der Waals surface area contributed by atoms with Gasteiger partial charge in [0.2, 0.25) is 5.82 Å². The maximum atomic E-state index is 10.8. The van der Waals surface area contributed by atoms with Crippen molar-refractivity contribution in [1.29, 1.82) is 0 Å². The predicted octanol–water partition coefficient (Wildman–Crippen LogP) is 3.37. The summed E-state index contributed by atoms with van der Waals surface area (Å²) in [7, 11) is 0. The largest absolute Gasteiger partial charge is 0.456 e. The fourth-order valence-electron chi connectivity index (χ4n) is 3.03. The number of nitro groups is 1. The Balaban J connectivity index is 1.50. The molecule has 140 valence electrons. The van der Waals surface area contributed by atoms with Crippen LogP contribution in [-0.4, -0.2) is 34.3 Å². The summed E-state index contributed by atoms with van der Waals surface area (Å²) in [5, 5.41) is 20.2.